The Bertz CT molecular complexity index is 1010. The summed E-state index contributed by atoms with van der Waals surface area (Å²) in [6, 6.07) is 13.0. The summed E-state index contributed by atoms with van der Waals surface area (Å²) in [4.78, 5) is 0.313. The summed E-state index contributed by atoms with van der Waals surface area (Å²) < 4.78 is 29.7. The van der Waals surface area contributed by atoms with Gasteiger partial charge in [-0.05, 0) is 48.6 Å². The maximum atomic E-state index is 12.6. The Labute approximate surface area is 159 Å². The molecule has 1 fully saturated rings. The van der Waals surface area contributed by atoms with Crippen LogP contribution in [0.4, 0.5) is 0 Å². The molecule has 1 saturated carbocycles. The van der Waals surface area contributed by atoms with E-state index in [9.17, 15) is 8.42 Å². The molecule has 2 heterocycles. The highest BCUT2D eigenvalue weighted by Crippen LogP contribution is 2.32. The lowest BCUT2D eigenvalue weighted by molar-refractivity contribution is 0.443. The molecule has 1 aliphatic carbocycles. The van der Waals surface area contributed by atoms with Crippen molar-refractivity contribution in [1.29, 1.82) is 0 Å². The molecule has 0 unspecified atom stereocenters. The molecule has 0 atom stereocenters. The van der Waals surface area contributed by atoms with Gasteiger partial charge in [-0.25, -0.2) is 13.1 Å². The molecule has 27 heavy (non-hydrogen) atoms. The number of benzene rings is 1. The van der Waals surface area contributed by atoms with E-state index in [-0.39, 0.29) is 6.54 Å². The number of aromatic nitrogens is 3. The minimum absolute atomic E-state index is 0.280. The fourth-order valence-electron chi connectivity index (χ4n) is 3.80. The summed E-state index contributed by atoms with van der Waals surface area (Å²) >= 11 is 0. The van der Waals surface area contributed by atoms with Gasteiger partial charge in [0, 0.05) is 19.2 Å². The summed E-state index contributed by atoms with van der Waals surface area (Å²) in [7, 11) is -3.52. The second kappa shape index (κ2) is 7.78. The van der Waals surface area contributed by atoms with E-state index in [2.05, 4.69) is 14.9 Å². The van der Waals surface area contributed by atoms with Crippen LogP contribution < -0.4 is 4.72 Å². The number of rotatable bonds is 6. The monoisotopic (exact) mass is 384 g/mol. The van der Waals surface area contributed by atoms with Crippen molar-refractivity contribution in [3.8, 4) is 0 Å². The molecule has 142 valence electrons. The average Bonchev–Trinajstić information content (AvgIpc) is 3.12. The first-order chi connectivity index (χ1) is 13.1. The Kier molecular flexibility index (Phi) is 5.22. The lowest BCUT2D eigenvalue weighted by atomic mass is 9.84. The van der Waals surface area contributed by atoms with Crippen LogP contribution in [0.25, 0.3) is 5.65 Å². The van der Waals surface area contributed by atoms with Gasteiger partial charge in [-0.2, -0.15) is 0 Å². The van der Waals surface area contributed by atoms with Gasteiger partial charge in [-0.1, -0.05) is 37.5 Å². The average molecular weight is 385 g/mol. The van der Waals surface area contributed by atoms with E-state index in [0.29, 0.717) is 17.2 Å². The van der Waals surface area contributed by atoms with Crippen molar-refractivity contribution >= 4 is 15.7 Å². The molecule has 3 aromatic rings. The molecule has 2 aromatic heterocycles. The summed E-state index contributed by atoms with van der Waals surface area (Å²) in [5.74, 6) is 1.31. The largest absolute Gasteiger partial charge is 0.286 e. The fourth-order valence-corrected chi connectivity index (χ4v) is 4.83. The van der Waals surface area contributed by atoms with Crippen LogP contribution in [0.15, 0.2) is 53.6 Å². The summed E-state index contributed by atoms with van der Waals surface area (Å²) in [6.45, 7) is 0.280. The number of fused-ring (bicyclic) bond motifs is 1. The summed E-state index contributed by atoms with van der Waals surface area (Å²) in [5.41, 5.74) is 2.01. The van der Waals surface area contributed by atoms with Crippen molar-refractivity contribution in [3.05, 3.63) is 60.0 Å². The summed E-state index contributed by atoms with van der Waals surface area (Å²) in [5, 5.41) is 8.21. The predicted molar refractivity (Wildman–Crippen MR) is 104 cm³/mol. The predicted octanol–water partition coefficient (Wildman–Crippen LogP) is 3.30. The molecule has 1 aliphatic rings. The van der Waals surface area contributed by atoms with Crippen LogP contribution in [-0.2, 0) is 16.4 Å². The van der Waals surface area contributed by atoms with Crippen molar-refractivity contribution in [3.63, 3.8) is 0 Å². The Morgan fingerprint density at radius 2 is 1.78 bits per heavy atom. The van der Waals surface area contributed by atoms with Crippen LogP contribution in [0.5, 0.6) is 0 Å². The van der Waals surface area contributed by atoms with E-state index >= 15 is 0 Å². The molecule has 0 aliphatic heterocycles. The number of sulfonamides is 1. The van der Waals surface area contributed by atoms with E-state index in [0.717, 1.165) is 11.5 Å². The molecule has 4 rings (SSSR count). The Balaban J connectivity index is 1.39. The molecule has 0 amide bonds. The zero-order chi connectivity index (χ0) is 18.7. The number of hydrogen-bond donors (Lipinski definition) is 1. The van der Waals surface area contributed by atoms with Gasteiger partial charge in [0.25, 0.3) is 0 Å². The van der Waals surface area contributed by atoms with Gasteiger partial charge in [-0.3, -0.25) is 4.40 Å². The molecule has 7 heteroatoms. The molecule has 0 bridgehead atoms. The zero-order valence-electron chi connectivity index (χ0n) is 15.2. The standard InChI is InChI=1S/C20H24N4O2S/c25-27(26,18-11-9-17(10-12-18)16-6-2-1-3-7-16)21-14-13-20-23-22-19-8-4-5-15-24(19)20/h4-5,8-12,15-16,21H,1-3,6-7,13-14H2. The summed E-state index contributed by atoms with van der Waals surface area (Å²) in [6.07, 6.45) is 8.61. The molecule has 1 N–H and O–H groups in total. The quantitative estimate of drug-likeness (QED) is 0.707. The third-order valence-corrected chi connectivity index (χ3v) is 6.77. The van der Waals surface area contributed by atoms with E-state index in [1.165, 1.54) is 37.7 Å². The minimum Gasteiger partial charge on any atom is -0.286 e. The van der Waals surface area contributed by atoms with Gasteiger partial charge in [0.05, 0.1) is 4.90 Å². The molecular formula is C20H24N4O2S. The molecule has 0 spiro atoms. The number of pyridine rings is 1. The van der Waals surface area contributed by atoms with Crippen LogP contribution in [0, 0.1) is 0 Å². The van der Waals surface area contributed by atoms with Gasteiger partial charge in [0.2, 0.25) is 10.0 Å². The van der Waals surface area contributed by atoms with E-state index in [1.807, 2.05) is 40.9 Å². The highest BCUT2D eigenvalue weighted by atomic mass is 32.2. The lowest BCUT2D eigenvalue weighted by Gasteiger charge is -2.22. The molecule has 6 nitrogen and oxygen atoms in total. The lowest BCUT2D eigenvalue weighted by Crippen LogP contribution is -2.26. The number of nitrogens with one attached hydrogen (secondary N) is 1. The minimum atomic E-state index is -3.52. The third-order valence-electron chi connectivity index (χ3n) is 5.29. The van der Waals surface area contributed by atoms with Gasteiger partial charge in [-0.15, -0.1) is 10.2 Å². The van der Waals surface area contributed by atoms with Crippen molar-refractivity contribution in [2.24, 2.45) is 0 Å². The van der Waals surface area contributed by atoms with Gasteiger partial charge >= 0.3 is 0 Å². The van der Waals surface area contributed by atoms with Crippen molar-refractivity contribution < 1.29 is 8.42 Å². The smallest absolute Gasteiger partial charge is 0.240 e. The number of nitrogens with zero attached hydrogens (tertiary/aromatic N) is 3. The second-order valence-electron chi connectivity index (χ2n) is 7.10. The highest BCUT2D eigenvalue weighted by Gasteiger charge is 2.18. The van der Waals surface area contributed by atoms with Crippen LogP contribution in [0.2, 0.25) is 0 Å². The maximum absolute atomic E-state index is 12.6. The Hall–Kier alpha value is -2.25. The van der Waals surface area contributed by atoms with Gasteiger partial charge in [0.1, 0.15) is 5.82 Å². The van der Waals surface area contributed by atoms with Crippen molar-refractivity contribution in [2.45, 2.75) is 49.3 Å². The molecule has 1 aromatic carbocycles. The first kappa shape index (κ1) is 18.1. The van der Waals surface area contributed by atoms with E-state index in [4.69, 9.17) is 0 Å². The van der Waals surface area contributed by atoms with Gasteiger partial charge < -0.3 is 0 Å². The van der Waals surface area contributed by atoms with Crippen LogP contribution in [0.1, 0.15) is 49.4 Å². The van der Waals surface area contributed by atoms with Crippen LogP contribution >= 0.6 is 0 Å². The van der Waals surface area contributed by atoms with E-state index < -0.39 is 10.0 Å². The molecular weight excluding hydrogens is 360 g/mol. The SMILES string of the molecule is O=S(=O)(NCCc1nnc2ccccn12)c1ccc(C2CCCCC2)cc1. The van der Waals surface area contributed by atoms with Crippen LogP contribution in [-0.4, -0.2) is 29.6 Å². The molecule has 0 saturated heterocycles. The fraction of sp³-hybridized carbons (Fsp3) is 0.400. The second-order valence-corrected chi connectivity index (χ2v) is 8.86. The molecule has 0 radical (unpaired) electrons. The Morgan fingerprint density at radius 3 is 2.56 bits per heavy atom. The maximum Gasteiger partial charge on any atom is 0.240 e. The topological polar surface area (TPSA) is 76.4 Å². The normalized spacial score (nSPS) is 16.0. The first-order valence-electron chi connectivity index (χ1n) is 9.52. The zero-order valence-corrected chi connectivity index (χ0v) is 16.0. The van der Waals surface area contributed by atoms with Gasteiger partial charge in [0.15, 0.2) is 5.65 Å². The van der Waals surface area contributed by atoms with Crippen molar-refractivity contribution in [2.75, 3.05) is 6.54 Å². The van der Waals surface area contributed by atoms with Crippen molar-refractivity contribution in [1.82, 2.24) is 19.3 Å². The highest BCUT2D eigenvalue weighted by molar-refractivity contribution is 7.89. The number of hydrogen-bond acceptors (Lipinski definition) is 4. The first-order valence-corrected chi connectivity index (χ1v) is 11.0. The van der Waals surface area contributed by atoms with Crippen LogP contribution in [0.3, 0.4) is 0 Å². The van der Waals surface area contributed by atoms with E-state index in [1.54, 1.807) is 12.1 Å². The third kappa shape index (κ3) is 4.04. The Morgan fingerprint density at radius 1 is 1.00 bits per heavy atom.